The molecule has 0 radical (unpaired) electrons. The van der Waals surface area contributed by atoms with Crippen molar-refractivity contribution in [2.45, 2.75) is 6.42 Å². The highest BCUT2D eigenvalue weighted by molar-refractivity contribution is 8.00. The van der Waals surface area contributed by atoms with Crippen molar-refractivity contribution in [3.63, 3.8) is 0 Å². The van der Waals surface area contributed by atoms with Crippen molar-refractivity contribution in [3.8, 4) is 0 Å². The Bertz CT molecular complexity index is 392. The summed E-state index contributed by atoms with van der Waals surface area (Å²) < 4.78 is 0. The quantitative estimate of drug-likeness (QED) is 0.810. The third-order valence-electron chi connectivity index (χ3n) is 2.50. The SMILES string of the molecule is O=C1CSCC1Cc1ccc(Cl)cc1Cl. The van der Waals surface area contributed by atoms with Crippen LogP contribution in [0, 0.1) is 5.92 Å². The topological polar surface area (TPSA) is 17.1 Å². The van der Waals surface area contributed by atoms with Gasteiger partial charge in [0.1, 0.15) is 5.78 Å². The molecule has 0 saturated carbocycles. The van der Waals surface area contributed by atoms with Crippen LogP contribution in [0.4, 0.5) is 0 Å². The summed E-state index contributed by atoms with van der Waals surface area (Å²) in [5, 5.41) is 1.29. The number of ketones is 1. The molecule has 0 spiro atoms. The molecule has 1 nitrogen and oxygen atoms in total. The van der Waals surface area contributed by atoms with Gasteiger partial charge in [0.25, 0.3) is 0 Å². The monoisotopic (exact) mass is 260 g/mol. The summed E-state index contributed by atoms with van der Waals surface area (Å²) >= 11 is 13.6. The number of benzene rings is 1. The van der Waals surface area contributed by atoms with Crippen LogP contribution in [0.5, 0.6) is 0 Å². The van der Waals surface area contributed by atoms with Crippen LogP contribution in [-0.2, 0) is 11.2 Å². The highest BCUT2D eigenvalue weighted by Crippen LogP contribution is 2.28. The van der Waals surface area contributed by atoms with E-state index in [4.69, 9.17) is 23.2 Å². The Hall–Kier alpha value is -0.180. The molecule has 15 heavy (non-hydrogen) atoms. The molecular weight excluding hydrogens is 251 g/mol. The van der Waals surface area contributed by atoms with Crippen LogP contribution in [-0.4, -0.2) is 17.3 Å². The van der Waals surface area contributed by atoms with E-state index in [0.29, 0.717) is 21.6 Å². The van der Waals surface area contributed by atoms with Crippen LogP contribution in [0.25, 0.3) is 0 Å². The summed E-state index contributed by atoms with van der Waals surface area (Å²) in [5.74, 6) is 2.04. The zero-order chi connectivity index (χ0) is 10.8. The molecule has 1 unspecified atom stereocenters. The van der Waals surface area contributed by atoms with Crippen molar-refractivity contribution >= 4 is 40.7 Å². The van der Waals surface area contributed by atoms with Gasteiger partial charge in [0, 0.05) is 21.7 Å². The summed E-state index contributed by atoms with van der Waals surface area (Å²) in [6.07, 6.45) is 0.738. The van der Waals surface area contributed by atoms with Gasteiger partial charge in [0.05, 0.1) is 5.75 Å². The minimum atomic E-state index is 0.133. The first-order valence-electron chi connectivity index (χ1n) is 4.71. The predicted molar refractivity (Wildman–Crippen MR) is 66.0 cm³/mol. The second-order valence-corrected chi connectivity index (χ2v) is 5.49. The van der Waals surface area contributed by atoms with Crippen LogP contribution < -0.4 is 0 Å². The van der Waals surface area contributed by atoms with Gasteiger partial charge in [-0.05, 0) is 24.1 Å². The van der Waals surface area contributed by atoms with Crippen LogP contribution in [0.1, 0.15) is 5.56 Å². The van der Waals surface area contributed by atoms with Gasteiger partial charge in [-0.25, -0.2) is 0 Å². The van der Waals surface area contributed by atoms with E-state index in [9.17, 15) is 4.79 Å². The van der Waals surface area contributed by atoms with E-state index in [1.807, 2.05) is 12.1 Å². The molecule has 0 bridgehead atoms. The Morgan fingerprint density at radius 1 is 1.40 bits per heavy atom. The van der Waals surface area contributed by atoms with E-state index in [-0.39, 0.29) is 5.92 Å². The molecule has 1 heterocycles. The van der Waals surface area contributed by atoms with E-state index in [1.165, 1.54) is 0 Å². The number of carbonyl (C=O) groups excluding carboxylic acids is 1. The average Bonchev–Trinajstić information content (AvgIpc) is 2.57. The zero-order valence-corrected chi connectivity index (χ0v) is 10.3. The van der Waals surface area contributed by atoms with Gasteiger partial charge < -0.3 is 0 Å². The van der Waals surface area contributed by atoms with Crippen LogP contribution in [0.2, 0.25) is 10.0 Å². The molecule has 4 heteroatoms. The van der Waals surface area contributed by atoms with Gasteiger partial charge in [-0.3, -0.25) is 4.79 Å². The third kappa shape index (κ3) is 2.68. The van der Waals surface area contributed by atoms with Gasteiger partial charge >= 0.3 is 0 Å². The smallest absolute Gasteiger partial charge is 0.146 e. The molecule has 1 aromatic rings. The predicted octanol–water partition coefficient (Wildman–Crippen LogP) is 3.47. The van der Waals surface area contributed by atoms with Crippen molar-refractivity contribution < 1.29 is 4.79 Å². The zero-order valence-electron chi connectivity index (χ0n) is 8.00. The molecule has 2 rings (SSSR count). The number of Topliss-reactive ketones (excluding diaryl/α,β-unsaturated/α-hetero) is 1. The Balaban J connectivity index is 2.13. The molecular formula is C11H10Cl2OS. The average molecular weight is 261 g/mol. The molecule has 0 aromatic heterocycles. The third-order valence-corrected chi connectivity index (χ3v) is 4.21. The van der Waals surface area contributed by atoms with Crippen LogP contribution in [0.15, 0.2) is 18.2 Å². The Labute approximate surface area is 103 Å². The molecule has 1 atom stereocenters. The first-order valence-corrected chi connectivity index (χ1v) is 6.62. The first kappa shape index (κ1) is 11.3. The summed E-state index contributed by atoms with van der Waals surface area (Å²) in [5.41, 5.74) is 1.02. The first-order chi connectivity index (χ1) is 7.16. The molecule has 1 aliphatic heterocycles. The Morgan fingerprint density at radius 3 is 2.80 bits per heavy atom. The number of hydrogen-bond acceptors (Lipinski definition) is 2. The van der Waals surface area contributed by atoms with Crippen molar-refractivity contribution in [2.24, 2.45) is 5.92 Å². The number of halogens is 2. The molecule has 0 aliphatic carbocycles. The van der Waals surface area contributed by atoms with Crippen molar-refractivity contribution in [2.75, 3.05) is 11.5 Å². The standard InChI is InChI=1S/C11H10Cl2OS/c12-9-2-1-7(10(13)4-9)3-8-5-15-6-11(8)14/h1-2,4,8H,3,5-6H2. The van der Waals surface area contributed by atoms with Gasteiger partial charge in [0.15, 0.2) is 0 Å². The molecule has 1 aromatic carbocycles. The Morgan fingerprint density at radius 2 is 2.20 bits per heavy atom. The van der Waals surface area contributed by atoms with Gasteiger partial charge in [-0.2, -0.15) is 11.8 Å². The lowest BCUT2D eigenvalue weighted by molar-refractivity contribution is -0.119. The fourth-order valence-corrected chi connectivity index (χ4v) is 3.27. The Kier molecular flexibility index (Phi) is 3.60. The summed E-state index contributed by atoms with van der Waals surface area (Å²) in [6.45, 7) is 0. The largest absolute Gasteiger partial charge is 0.298 e. The number of hydrogen-bond donors (Lipinski definition) is 0. The number of rotatable bonds is 2. The fourth-order valence-electron chi connectivity index (χ4n) is 1.64. The van der Waals surface area contributed by atoms with Gasteiger partial charge in [-0.15, -0.1) is 0 Å². The lowest BCUT2D eigenvalue weighted by Crippen LogP contribution is -2.14. The lowest BCUT2D eigenvalue weighted by atomic mass is 9.98. The maximum absolute atomic E-state index is 11.5. The highest BCUT2D eigenvalue weighted by atomic mass is 35.5. The van der Waals surface area contributed by atoms with Crippen molar-refractivity contribution in [1.82, 2.24) is 0 Å². The van der Waals surface area contributed by atoms with Gasteiger partial charge in [0.2, 0.25) is 0 Å². The van der Waals surface area contributed by atoms with E-state index in [1.54, 1.807) is 17.8 Å². The van der Waals surface area contributed by atoms with E-state index in [0.717, 1.165) is 17.7 Å². The summed E-state index contributed by atoms with van der Waals surface area (Å²) in [4.78, 5) is 11.5. The number of thioether (sulfide) groups is 1. The molecule has 1 saturated heterocycles. The summed E-state index contributed by atoms with van der Waals surface area (Å²) in [7, 11) is 0. The minimum Gasteiger partial charge on any atom is -0.298 e. The maximum Gasteiger partial charge on any atom is 0.146 e. The molecule has 1 fully saturated rings. The fraction of sp³-hybridized carbons (Fsp3) is 0.364. The highest BCUT2D eigenvalue weighted by Gasteiger charge is 2.25. The molecule has 0 N–H and O–H groups in total. The van der Waals surface area contributed by atoms with Crippen molar-refractivity contribution in [1.29, 1.82) is 0 Å². The number of carbonyl (C=O) groups is 1. The van der Waals surface area contributed by atoms with Crippen LogP contribution >= 0.6 is 35.0 Å². The maximum atomic E-state index is 11.5. The lowest BCUT2D eigenvalue weighted by Gasteiger charge is -2.08. The molecule has 0 amide bonds. The second kappa shape index (κ2) is 4.77. The molecule has 80 valence electrons. The second-order valence-electron chi connectivity index (χ2n) is 3.62. The van der Waals surface area contributed by atoms with Gasteiger partial charge in [-0.1, -0.05) is 29.3 Å². The van der Waals surface area contributed by atoms with E-state index < -0.39 is 0 Å². The van der Waals surface area contributed by atoms with E-state index in [2.05, 4.69) is 0 Å². The normalized spacial score (nSPS) is 20.9. The minimum absolute atomic E-state index is 0.133. The van der Waals surface area contributed by atoms with Crippen LogP contribution in [0.3, 0.4) is 0 Å². The van der Waals surface area contributed by atoms with Crippen molar-refractivity contribution in [3.05, 3.63) is 33.8 Å². The summed E-state index contributed by atoms with van der Waals surface area (Å²) in [6, 6.07) is 5.45. The van der Waals surface area contributed by atoms with E-state index >= 15 is 0 Å². The molecule has 1 aliphatic rings.